The molecule has 0 aliphatic carbocycles. The predicted octanol–water partition coefficient (Wildman–Crippen LogP) is 1.69. The van der Waals surface area contributed by atoms with Crippen LogP contribution >= 0.6 is 0 Å². The lowest BCUT2D eigenvalue weighted by atomic mass is 10.3. The fourth-order valence-electron chi connectivity index (χ4n) is 2.79. The van der Waals surface area contributed by atoms with Crippen molar-refractivity contribution in [3.8, 4) is 5.75 Å². The van der Waals surface area contributed by atoms with Gasteiger partial charge < -0.3 is 19.8 Å². The quantitative estimate of drug-likeness (QED) is 0.531. The van der Waals surface area contributed by atoms with Crippen LogP contribution in [0.2, 0.25) is 0 Å². The van der Waals surface area contributed by atoms with Gasteiger partial charge in [0.25, 0.3) is 0 Å². The third kappa shape index (κ3) is 2.60. The second-order valence-corrected chi connectivity index (χ2v) is 5.50. The first-order chi connectivity index (χ1) is 11.7. The molecule has 0 amide bonds. The molecule has 1 unspecified atom stereocenters. The number of imidazole rings is 1. The fraction of sp³-hybridized carbons (Fsp3) is 0.267. The molecule has 3 aromatic rings. The molecule has 1 atom stereocenters. The molecule has 1 saturated heterocycles. The molecule has 1 aliphatic rings. The molecule has 0 bridgehead atoms. The van der Waals surface area contributed by atoms with Crippen molar-refractivity contribution in [3.05, 3.63) is 53.0 Å². The molecule has 122 valence electrons. The zero-order chi connectivity index (χ0) is 16.5. The van der Waals surface area contributed by atoms with Gasteiger partial charge in [0.15, 0.2) is 5.82 Å². The molecule has 9 heteroatoms. The van der Waals surface area contributed by atoms with Crippen LogP contribution in [0.3, 0.4) is 0 Å². The summed E-state index contributed by atoms with van der Waals surface area (Å²) in [6, 6.07) is 7.24. The van der Waals surface area contributed by atoms with Crippen molar-refractivity contribution in [2.24, 2.45) is 0 Å². The van der Waals surface area contributed by atoms with Crippen LogP contribution in [0.1, 0.15) is 6.42 Å². The Morgan fingerprint density at radius 3 is 3.00 bits per heavy atom. The number of fused-ring (bicyclic) bond motifs is 1. The van der Waals surface area contributed by atoms with E-state index in [1.54, 1.807) is 18.5 Å². The Kier molecular flexibility index (Phi) is 3.45. The summed E-state index contributed by atoms with van der Waals surface area (Å²) < 4.78 is 7.16. The minimum Gasteiger partial charge on any atom is -0.487 e. The number of aromatic nitrogens is 4. The number of nitro groups is 1. The number of ether oxygens (including phenoxy) is 1. The summed E-state index contributed by atoms with van der Waals surface area (Å²) in [4.78, 5) is 20.6. The lowest BCUT2D eigenvalue weighted by Gasteiger charge is -2.16. The Morgan fingerprint density at radius 2 is 2.21 bits per heavy atom. The zero-order valence-corrected chi connectivity index (χ0v) is 12.6. The molecule has 0 spiro atoms. The van der Waals surface area contributed by atoms with Crippen molar-refractivity contribution >= 4 is 17.3 Å². The minimum atomic E-state index is -0.491. The molecule has 0 aromatic carbocycles. The van der Waals surface area contributed by atoms with Crippen molar-refractivity contribution in [2.75, 3.05) is 18.0 Å². The van der Waals surface area contributed by atoms with Gasteiger partial charge in [-0.3, -0.25) is 4.98 Å². The number of hydrogen-bond acceptors (Lipinski definition) is 7. The van der Waals surface area contributed by atoms with Gasteiger partial charge in [-0.05, 0) is 23.1 Å². The Morgan fingerprint density at radius 1 is 1.29 bits per heavy atom. The van der Waals surface area contributed by atoms with Gasteiger partial charge in [-0.15, -0.1) is 0 Å². The Hall–Kier alpha value is -3.23. The van der Waals surface area contributed by atoms with Gasteiger partial charge in [0.2, 0.25) is 5.65 Å². The first-order valence-corrected chi connectivity index (χ1v) is 7.51. The summed E-state index contributed by atoms with van der Waals surface area (Å²) >= 11 is 0. The number of pyridine rings is 1. The van der Waals surface area contributed by atoms with Gasteiger partial charge in [-0.2, -0.15) is 0 Å². The van der Waals surface area contributed by atoms with Crippen LogP contribution in [0, 0.1) is 10.1 Å². The maximum Gasteiger partial charge on any atom is 0.368 e. The second kappa shape index (κ2) is 5.76. The summed E-state index contributed by atoms with van der Waals surface area (Å²) in [6.07, 6.45) is 5.47. The van der Waals surface area contributed by atoms with Crippen molar-refractivity contribution in [1.29, 1.82) is 0 Å². The fourth-order valence-corrected chi connectivity index (χ4v) is 2.79. The van der Waals surface area contributed by atoms with Crippen molar-refractivity contribution < 1.29 is 9.66 Å². The van der Waals surface area contributed by atoms with Crippen LogP contribution in [0.15, 0.2) is 42.9 Å². The number of hydrogen-bond donors (Lipinski definition) is 0. The molecule has 4 rings (SSSR count). The maximum absolute atomic E-state index is 11.0. The van der Waals surface area contributed by atoms with Crippen molar-refractivity contribution in [1.82, 2.24) is 19.6 Å². The van der Waals surface area contributed by atoms with Crippen LogP contribution in [0.5, 0.6) is 5.75 Å². The van der Waals surface area contributed by atoms with E-state index in [0.29, 0.717) is 18.0 Å². The van der Waals surface area contributed by atoms with E-state index < -0.39 is 4.92 Å². The summed E-state index contributed by atoms with van der Waals surface area (Å²) in [5, 5.41) is 15.4. The molecule has 0 N–H and O–H groups in total. The van der Waals surface area contributed by atoms with Gasteiger partial charge >= 0.3 is 5.82 Å². The maximum atomic E-state index is 11.0. The molecule has 3 aromatic heterocycles. The van der Waals surface area contributed by atoms with Gasteiger partial charge in [-0.1, -0.05) is 9.61 Å². The molecular formula is C15H14N6O3. The van der Waals surface area contributed by atoms with E-state index in [-0.39, 0.29) is 11.9 Å². The molecular weight excluding hydrogens is 312 g/mol. The Labute approximate surface area is 136 Å². The van der Waals surface area contributed by atoms with Crippen LogP contribution in [0.25, 0.3) is 5.65 Å². The molecule has 9 nitrogen and oxygen atoms in total. The highest BCUT2D eigenvalue weighted by molar-refractivity contribution is 5.49. The molecule has 1 aliphatic heterocycles. The topological polar surface area (TPSA) is 98.7 Å². The summed E-state index contributed by atoms with van der Waals surface area (Å²) in [6.45, 7) is 1.43. The standard InChI is InChI=1S/C15H14N6O3/c22-21(23)15-9-17-13-3-4-14(18-20(13)15)19-7-5-12(10-19)24-11-2-1-6-16-8-11/h1-4,6,8-9,12H,5,7,10H2. The monoisotopic (exact) mass is 326 g/mol. The molecule has 0 radical (unpaired) electrons. The average Bonchev–Trinajstić information content (AvgIpc) is 3.21. The highest BCUT2D eigenvalue weighted by Crippen LogP contribution is 2.23. The molecule has 1 fully saturated rings. The van der Waals surface area contributed by atoms with Crippen LogP contribution in [0.4, 0.5) is 11.6 Å². The van der Waals surface area contributed by atoms with E-state index in [1.165, 1.54) is 10.7 Å². The highest BCUT2D eigenvalue weighted by Gasteiger charge is 2.27. The lowest BCUT2D eigenvalue weighted by molar-refractivity contribution is -0.391. The molecule has 0 saturated carbocycles. The van der Waals surface area contributed by atoms with E-state index >= 15 is 0 Å². The SMILES string of the molecule is O=[N+]([O-])c1cnc2ccc(N3CCC(Oc4cccnc4)C3)nn12. The van der Waals surface area contributed by atoms with E-state index in [4.69, 9.17) is 4.74 Å². The zero-order valence-electron chi connectivity index (χ0n) is 12.6. The third-order valence-electron chi connectivity index (χ3n) is 3.92. The second-order valence-electron chi connectivity index (χ2n) is 5.50. The van der Waals surface area contributed by atoms with Gasteiger partial charge in [0, 0.05) is 25.2 Å². The predicted molar refractivity (Wildman–Crippen MR) is 85.1 cm³/mol. The molecule has 4 heterocycles. The van der Waals surface area contributed by atoms with Gasteiger partial charge in [-0.25, -0.2) is 4.98 Å². The largest absolute Gasteiger partial charge is 0.487 e. The summed E-state index contributed by atoms with van der Waals surface area (Å²) in [5.74, 6) is 1.26. The van der Waals surface area contributed by atoms with Gasteiger partial charge in [0.1, 0.15) is 18.1 Å². The van der Waals surface area contributed by atoms with Crippen LogP contribution in [-0.4, -0.2) is 43.7 Å². The average molecular weight is 326 g/mol. The number of anilines is 1. The van der Waals surface area contributed by atoms with Crippen molar-refractivity contribution in [2.45, 2.75) is 12.5 Å². The molecule has 24 heavy (non-hydrogen) atoms. The minimum absolute atomic E-state index is 0.0319. The smallest absolute Gasteiger partial charge is 0.368 e. The summed E-state index contributed by atoms with van der Waals surface area (Å²) in [5.41, 5.74) is 0.452. The normalized spacial score (nSPS) is 17.3. The Bertz CT molecular complexity index is 881. The Balaban J connectivity index is 1.53. The van der Waals surface area contributed by atoms with E-state index in [0.717, 1.165) is 18.7 Å². The first kappa shape index (κ1) is 14.4. The van der Waals surface area contributed by atoms with Gasteiger partial charge in [0.05, 0.1) is 12.7 Å². The summed E-state index contributed by atoms with van der Waals surface area (Å²) in [7, 11) is 0. The van der Waals surface area contributed by atoms with E-state index in [9.17, 15) is 10.1 Å². The third-order valence-corrected chi connectivity index (χ3v) is 3.92. The van der Waals surface area contributed by atoms with Crippen LogP contribution in [-0.2, 0) is 0 Å². The van der Waals surface area contributed by atoms with E-state index in [1.807, 2.05) is 23.1 Å². The lowest BCUT2D eigenvalue weighted by Crippen LogP contribution is -2.25. The van der Waals surface area contributed by atoms with E-state index in [2.05, 4.69) is 15.1 Å². The number of rotatable bonds is 4. The number of nitrogens with zero attached hydrogens (tertiary/aromatic N) is 6. The van der Waals surface area contributed by atoms with Crippen molar-refractivity contribution in [3.63, 3.8) is 0 Å². The van der Waals surface area contributed by atoms with Crippen LogP contribution < -0.4 is 9.64 Å². The highest BCUT2D eigenvalue weighted by atomic mass is 16.6. The first-order valence-electron chi connectivity index (χ1n) is 7.51.